The summed E-state index contributed by atoms with van der Waals surface area (Å²) in [5.41, 5.74) is 6.14. The summed E-state index contributed by atoms with van der Waals surface area (Å²) in [4.78, 5) is 12.5. The molecule has 0 aliphatic heterocycles. The van der Waals surface area contributed by atoms with Gasteiger partial charge in [0, 0.05) is 6.54 Å². The second-order valence-corrected chi connectivity index (χ2v) is 4.55. The summed E-state index contributed by atoms with van der Waals surface area (Å²) < 4.78 is 0. The molecule has 0 bridgehead atoms. The Bertz CT molecular complexity index is 364. The van der Waals surface area contributed by atoms with Crippen molar-refractivity contribution in [2.45, 2.75) is 38.5 Å². The average Bonchev–Trinajstić information content (AvgIpc) is 2.42. The Morgan fingerprint density at radius 2 is 1.79 bits per heavy atom. The van der Waals surface area contributed by atoms with E-state index in [0.717, 1.165) is 24.8 Å². The number of halogens is 1. The topological polar surface area (TPSA) is 55.1 Å². The van der Waals surface area contributed by atoms with E-state index in [0.29, 0.717) is 13.1 Å². The number of benzene rings is 1. The van der Waals surface area contributed by atoms with Gasteiger partial charge in [-0.15, -0.1) is 12.4 Å². The van der Waals surface area contributed by atoms with Crippen LogP contribution < -0.4 is 11.1 Å². The van der Waals surface area contributed by atoms with Crippen LogP contribution in [0.15, 0.2) is 30.3 Å². The van der Waals surface area contributed by atoms with Gasteiger partial charge in [0.15, 0.2) is 0 Å². The highest BCUT2D eigenvalue weighted by atomic mass is 35.5. The van der Waals surface area contributed by atoms with Crippen LogP contribution in [0.4, 0.5) is 0 Å². The Labute approximate surface area is 122 Å². The zero-order chi connectivity index (χ0) is 13.4. The molecule has 19 heavy (non-hydrogen) atoms. The van der Waals surface area contributed by atoms with Gasteiger partial charge in [-0.3, -0.25) is 4.79 Å². The minimum Gasteiger partial charge on any atom is -0.355 e. The third-order valence-electron chi connectivity index (χ3n) is 3.63. The molecule has 1 aromatic rings. The number of rotatable bonds is 7. The van der Waals surface area contributed by atoms with Gasteiger partial charge in [0.1, 0.15) is 0 Å². The lowest BCUT2D eigenvalue weighted by Gasteiger charge is -2.31. The molecule has 1 amide bonds. The van der Waals surface area contributed by atoms with Gasteiger partial charge in [0.25, 0.3) is 0 Å². The maximum absolute atomic E-state index is 12.5. The van der Waals surface area contributed by atoms with Crippen LogP contribution in [-0.2, 0) is 10.2 Å². The average molecular weight is 285 g/mol. The van der Waals surface area contributed by atoms with E-state index in [-0.39, 0.29) is 18.3 Å². The van der Waals surface area contributed by atoms with Gasteiger partial charge >= 0.3 is 0 Å². The van der Waals surface area contributed by atoms with Crippen molar-refractivity contribution >= 4 is 18.3 Å². The number of carbonyl (C=O) groups excluding carboxylic acids is 1. The lowest BCUT2D eigenvalue weighted by atomic mass is 9.75. The second kappa shape index (κ2) is 8.94. The van der Waals surface area contributed by atoms with Crippen molar-refractivity contribution in [1.82, 2.24) is 5.32 Å². The third kappa shape index (κ3) is 4.22. The summed E-state index contributed by atoms with van der Waals surface area (Å²) >= 11 is 0. The van der Waals surface area contributed by atoms with Gasteiger partial charge in [-0.2, -0.15) is 0 Å². The first-order chi connectivity index (χ1) is 8.71. The van der Waals surface area contributed by atoms with Crippen LogP contribution >= 0.6 is 12.4 Å². The Hall–Kier alpha value is -1.06. The normalized spacial score (nSPS) is 10.7. The molecule has 0 unspecified atom stereocenters. The molecule has 0 radical (unpaired) electrons. The minimum atomic E-state index is -0.407. The summed E-state index contributed by atoms with van der Waals surface area (Å²) in [7, 11) is 0. The summed E-state index contributed by atoms with van der Waals surface area (Å²) in [5, 5.41) is 3.01. The van der Waals surface area contributed by atoms with Crippen molar-refractivity contribution in [1.29, 1.82) is 0 Å². The molecule has 0 aromatic heterocycles. The summed E-state index contributed by atoms with van der Waals surface area (Å²) in [6.07, 6.45) is 2.44. The molecule has 0 spiro atoms. The van der Waals surface area contributed by atoms with E-state index in [1.807, 2.05) is 30.3 Å². The SMILES string of the molecule is CCC(CC)(C(=O)NCCCN)c1ccccc1.Cl. The molecular formula is C15H25ClN2O. The summed E-state index contributed by atoms with van der Waals surface area (Å²) in [6, 6.07) is 10.0. The van der Waals surface area contributed by atoms with Crippen molar-refractivity contribution in [3.8, 4) is 0 Å². The van der Waals surface area contributed by atoms with Gasteiger partial charge in [0.2, 0.25) is 5.91 Å². The molecule has 3 nitrogen and oxygen atoms in total. The number of hydrogen-bond acceptors (Lipinski definition) is 2. The molecule has 4 heteroatoms. The van der Waals surface area contributed by atoms with Gasteiger partial charge in [0.05, 0.1) is 5.41 Å². The van der Waals surface area contributed by atoms with Crippen molar-refractivity contribution in [3.63, 3.8) is 0 Å². The number of nitrogens with two attached hydrogens (primary N) is 1. The maximum atomic E-state index is 12.5. The lowest BCUT2D eigenvalue weighted by Crippen LogP contribution is -2.44. The lowest BCUT2D eigenvalue weighted by molar-refractivity contribution is -0.127. The second-order valence-electron chi connectivity index (χ2n) is 4.55. The van der Waals surface area contributed by atoms with E-state index in [1.54, 1.807) is 0 Å². The predicted molar refractivity (Wildman–Crippen MR) is 82.6 cm³/mol. The molecule has 0 heterocycles. The zero-order valence-corrected chi connectivity index (χ0v) is 12.6. The fraction of sp³-hybridized carbons (Fsp3) is 0.533. The molecule has 0 aliphatic carbocycles. The van der Waals surface area contributed by atoms with Crippen LogP contribution in [0, 0.1) is 0 Å². The summed E-state index contributed by atoms with van der Waals surface area (Å²) in [6.45, 7) is 5.40. The van der Waals surface area contributed by atoms with Crippen LogP contribution in [0.5, 0.6) is 0 Å². The highest BCUT2D eigenvalue weighted by molar-refractivity contribution is 5.88. The van der Waals surface area contributed by atoms with E-state index >= 15 is 0 Å². The molecule has 0 saturated heterocycles. The van der Waals surface area contributed by atoms with Gasteiger partial charge in [-0.1, -0.05) is 44.2 Å². The van der Waals surface area contributed by atoms with Crippen molar-refractivity contribution in [2.24, 2.45) is 5.73 Å². The molecule has 108 valence electrons. The van der Waals surface area contributed by atoms with E-state index < -0.39 is 5.41 Å². The molecule has 0 saturated carbocycles. The molecule has 3 N–H and O–H groups in total. The van der Waals surface area contributed by atoms with Crippen LogP contribution in [0.2, 0.25) is 0 Å². The molecule has 0 atom stereocenters. The molecular weight excluding hydrogens is 260 g/mol. The molecule has 0 aliphatic rings. The maximum Gasteiger partial charge on any atom is 0.230 e. The van der Waals surface area contributed by atoms with E-state index in [2.05, 4.69) is 19.2 Å². The van der Waals surface area contributed by atoms with Gasteiger partial charge in [-0.05, 0) is 31.4 Å². The van der Waals surface area contributed by atoms with Crippen molar-refractivity contribution in [3.05, 3.63) is 35.9 Å². The first-order valence-corrected chi connectivity index (χ1v) is 6.75. The minimum absolute atomic E-state index is 0. The standard InChI is InChI=1S/C15H24N2O.ClH/c1-3-15(4-2,13-9-6-5-7-10-13)14(18)17-12-8-11-16;/h5-7,9-10H,3-4,8,11-12,16H2,1-2H3,(H,17,18);1H. The smallest absolute Gasteiger partial charge is 0.230 e. The Morgan fingerprint density at radius 3 is 2.26 bits per heavy atom. The van der Waals surface area contributed by atoms with Crippen LogP contribution in [0.3, 0.4) is 0 Å². The highest BCUT2D eigenvalue weighted by Crippen LogP contribution is 2.31. The zero-order valence-electron chi connectivity index (χ0n) is 11.8. The van der Waals surface area contributed by atoms with Gasteiger partial charge < -0.3 is 11.1 Å². The third-order valence-corrected chi connectivity index (χ3v) is 3.63. The first-order valence-electron chi connectivity index (χ1n) is 6.75. The largest absolute Gasteiger partial charge is 0.355 e. The Kier molecular flexibility index (Phi) is 8.44. The van der Waals surface area contributed by atoms with Crippen molar-refractivity contribution in [2.75, 3.05) is 13.1 Å². The van der Waals surface area contributed by atoms with Crippen LogP contribution in [-0.4, -0.2) is 19.0 Å². The highest BCUT2D eigenvalue weighted by Gasteiger charge is 2.36. The fourth-order valence-corrected chi connectivity index (χ4v) is 2.34. The van der Waals surface area contributed by atoms with E-state index in [9.17, 15) is 4.79 Å². The summed E-state index contributed by atoms with van der Waals surface area (Å²) in [5.74, 6) is 0.118. The molecule has 0 fully saturated rings. The molecule has 1 aromatic carbocycles. The predicted octanol–water partition coefficient (Wildman–Crippen LogP) is 2.63. The quantitative estimate of drug-likeness (QED) is 0.756. The Balaban J connectivity index is 0.00000324. The monoisotopic (exact) mass is 284 g/mol. The number of nitrogens with one attached hydrogen (secondary N) is 1. The van der Waals surface area contributed by atoms with Crippen molar-refractivity contribution < 1.29 is 4.79 Å². The number of carbonyl (C=O) groups is 1. The first kappa shape index (κ1) is 17.9. The van der Waals surface area contributed by atoms with Crippen LogP contribution in [0.1, 0.15) is 38.7 Å². The molecule has 1 rings (SSSR count). The van der Waals surface area contributed by atoms with E-state index in [1.165, 1.54) is 0 Å². The fourth-order valence-electron chi connectivity index (χ4n) is 2.34. The van der Waals surface area contributed by atoms with Gasteiger partial charge in [-0.25, -0.2) is 0 Å². The van der Waals surface area contributed by atoms with Crippen LogP contribution in [0.25, 0.3) is 0 Å². The number of amides is 1. The number of hydrogen-bond donors (Lipinski definition) is 2. The Morgan fingerprint density at radius 1 is 1.21 bits per heavy atom. The van der Waals surface area contributed by atoms with E-state index in [4.69, 9.17) is 5.73 Å².